The van der Waals surface area contributed by atoms with E-state index in [2.05, 4.69) is 26.0 Å². The zero-order valence-corrected chi connectivity index (χ0v) is 16.2. The minimum Gasteiger partial charge on any atom is -0.462 e. The molecule has 8 atom stereocenters. The van der Waals surface area contributed by atoms with Crippen LogP contribution in [0.1, 0.15) is 53.4 Å². The Bertz CT molecular complexity index is 662. The van der Waals surface area contributed by atoms with Gasteiger partial charge in [-0.25, -0.2) is 0 Å². The lowest BCUT2D eigenvalue weighted by atomic mass is 9.53. The second kappa shape index (κ2) is 6.54. The largest absolute Gasteiger partial charge is 0.462 e. The minimum atomic E-state index is -0.201. The Kier molecular flexibility index (Phi) is 4.48. The molecule has 4 nitrogen and oxygen atoms in total. The van der Waals surface area contributed by atoms with E-state index >= 15 is 0 Å². The number of carbonyl (C=O) groups is 2. The topological polar surface area (TPSA) is 52.6 Å². The van der Waals surface area contributed by atoms with Gasteiger partial charge in [-0.3, -0.25) is 9.59 Å². The van der Waals surface area contributed by atoms with Crippen molar-refractivity contribution in [1.82, 2.24) is 0 Å². The predicted molar refractivity (Wildman–Crippen MR) is 98.0 cm³/mol. The highest BCUT2D eigenvalue weighted by Gasteiger charge is 2.57. The van der Waals surface area contributed by atoms with Crippen molar-refractivity contribution < 1.29 is 19.1 Å². The Balaban J connectivity index is 1.74. The van der Waals surface area contributed by atoms with Crippen molar-refractivity contribution >= 4 is 11.9 Å². The van der Waals surface area contributed by atoms with Crippen LogP contribution < -0.4 is 0 Å². The van der Waals surface area contributed by atoms with E-state index < -0.39 is 0 Å². The maximum absolute atomic E-state index is 11.7. The molecule has 0 aromatic heterocycles. The number of hydrogen-bond acceptors (Lipinski definition) is 4. The summed E-state index contributed by atoms with van der Waals surface area (Å²) in [7, 11) is 0. The standard InChI is InChI=1S/C22H30O4/c1-11-5-6-16-12(2)9-19(25-13(3)23)18-10-20(26-14(4)24)17-8-7-15(11)21(17)22(16)18/h5,7,12,16-22H,6,8-10H2,1-4H3. The van der Waals surface area contributed by atoms with E-state index in [4.69, 9.17) is 9.47 Å². The van der Waals surface area contributed by atoms with Gasteiger partial charge in [0, 0.05) is 25.7 Å². The zero-order valence-electron chi connectivity index (χ0n) is 16.2. The van der Waals surface area contributed by atoms with E-state index in [1.807, 2.05) is 0 Å². The van der Waals surface area contributed by atoms with Crippen molar-refractivity contribution in [2.75, 3.05) is 0 Å². The minimum absolute atomic E-state index is 0.0528. The number of rotatable bonds is 2. The van der Waals surface area contributed by atoms with Crippen LogP contribution in [0.15, 0.2) is 23.3 Å². The van der Waals surface area contributed by atoms with Crippen LogP contribution in [-0.4, -0.2) is 24.1 Å². The van der Waals surface area contributed by atoms with E-state index in [0.29, 0.717) is 29.6 Å². The predicted octanol–water partition coefficient (Wildman–Crippen LogP) is 4.05. The van der Waals surface area contributed by atoms with Crippen LogP contribution in [0.4, 0.5) is 0 Å². The first kappa shape index (κ1) is 17.8. The van der Waals surface area contributed by atoms with Gasteiger partial charge >= 0.3 is 11.9 Å². The summed E-state index contributed by atoms with van der Waals surface area (Å²) < 4.78 is 11.6. The summed E-state index contributed by atoms with van der Waals surface area (Å²) in [6, 6.07) is 0. The number of hydrogen-bond donors (Lipinski definition) is 0. The molecule has 0 spiro atoms. The summed E-state index contributed by atoms with van der Waals surface area (Å²) in [6.45, 7) is 7.55. The van der Waals surface area contributed by atoms with Crippen molar-refractivity contribution in [2.24, 2.45) is 35.5 Å². The lowest BCUT2D eigenvalue weighted by Crippen LogP contribution is -2.54. The third-order valence-corrected chi connectivity index (χ3v) is 7.41. The highest BCUT2D eigenvalue weighted by atomic mass is 16.5. The molecule has 0 saturated heterocycles. The van der Waals surface area contributed by atoms with Crippen LogP contribution in [0.3, 0.4) is 0 Å². The Morgan fingerprint density at radius 1 is 0.923 bits per heavy atom. The highest BCUT2D eigenvalue weighted by molar-refractivity contribution is 5.66. The fourth-order valence-electron chi connectivity index (χ4n) is 6.54. The smallest absolute Gasteiger partial charge is 0.302 e. The van der Waals surface area contributed by atoms with Gasteiger partial charge in [0.25, 0.3) is 0 Å². The SMILES string of the molecule is CC(=O)OC1CC2C(OC(C)=O)CC(C)C3CC=C(C)C4=CCC1C4C32. The third kappa shape index (κ3) is 2.82. The maximum Gasteiger partial charge on any atom is 0.302 e. The van der Waals surface area contributed by atoms with Crippen molar-refractivity contribution in [3.8, 4) is 0 Å². The molecule has 0 heterocycles. The Morgan fingerprint density at radius 2 is 1.54 bits per heavy atom. The van der Waals surface area contributed by atoms with Gasteiger partial charge < -0.3 is 9.47 Å². The molecule has 4 heteroatoms. The Hall–Kier alpha value is -1.58. The Morgan fingerprint density at radius 3 is 2.19 bits per heavy atom. The molecule has 0 N–H and O–H groups in total. The first-order valence-corrected chi connectivity index (χ1v) is 10.1. The second-order valence-corrected chi connectivity index (χ2v) is 8.86. The molecule has 0 amide bonds. The molecule has 0 radical (unpaired) electrons. The van der Waals surface area contributed by atoms with Gasteiger partial charge in [-0.2, -0.15) is 0 Å². The molecule has 0 bridgehead atoms. The quantitative estimate of drug-likeness (QED) is 0.699. The first-order chi connectivity index (χ1) is 12.4. The van der Waals surface area contributed by atoms with Crippen LogP contribution >= 0.6 is 0 Å². The molecule has 4 aliphatic carbocycles. The van der Waals surface area contributed by atoms with Gasteiger partial charge in [0.1, 0.15) is 12.2 Å². The highest BCUT2D eigenvalue weighted by Crippen LogP contribution is 2.60. The summed E-state index contributed by atoms with van der Waals surface area (Å²) in [6.07, 6.45) is 8.52. The fourth-order valence-corrected chi connectivity index (χ4v) is 6.54. The van der Waals surface area contributed by atoms with Crippen molar-refractivity contribution in [1.29, 1.82) is 0 Å². The van der Waals surface area contributed by atoms with Crippen molar-refractivity contribution in [2.45, 2.75) is 65.6 Å². The number of ether oxygens (including phenoxy) is 2. The van der Waals surface area contributed by atoms with Crippen LogP contribution in [0.5, 0.6) is 0 Å². The second-order valence-electron chi connectivity index (χ2n) is 8.86. The van der Waals surface area contributed by atoms with Gasteiger partial charge in [-0.05, 0) is 61.9 Å². The number of allylic oxidation sites excluding steroid dienone is 4. The molecule has 0 aliphatic heterocycles. The first-order valence-electron chi connectivity index (χ1n) is 10.1. The van der Waals surface area contributed by atoms with Crippen LogP contribution in [-0.2, 0) is 19.1 Å². The van der Waals surface area contributed by atoms with Crippen molar-refractivity contribution in [3.63, 3.8) is 0 Å². The summed E-state index contributed by atoms with van der Waals surface area (Å²) in [4.78, 5) is 23.5. The molecule has 26 heavy (non-hydrogen) atoms. The van der Waals surface area contributed by atoms with Gasteiger partial charge in [0.15, 0.2) is 0 Å². The molecule has 0 aromatic rings. The van der Waals surface area contributed by atoms with E-state index in [1.54, 1.807) is 0 Å². The third-order valence-electron chi connectivity index (χ3n) is 7.41. The van der Waals surface area contributed by atoms with Gasteiger partial charge in [0.2, 0.25) is 0 Å². The molecule has 2 fully saturated rings. The van der Waals surface area contributed by atoms with E-state index in [1.165, 1.54) is 25.0 Å². The molecule has 4 aliphatic rings. The summed E-state index contributed by atoms with van der Waals surface area (Å²) >= 11 is 0. The van der Waals surface area contributed by atoms with E-state index in [-0.39, 0.29) is 30.1 Å². The zero-order chi connectivity index (χ0) is 18.6. The molecular weight excluding hydrogens is 328 g/mol. The summed E-state index contributed by atoms with van der Waals surface area (Å²) in [5.41, 5.74) is 2.85. The molecule has 0 aromatic carbocycles. The lowest BCUT2D eigenvalue weighted by molar-refractivity contribution is -0.176. The Labute approximate surface area is 156 Å². The lowest BCUT2D eigenvalue weighted by Gasteiger charge is -2.54. The van der Waals surface area contributed by atoms with Crippen molar-refractivity contribution in [3.05, 3.63) is 23.3 Å². The van der Waals surface area contributed by atoms with Gasteiger partial charge in [0.05, 0.1) is 0 Å². The molecule has 2 saturated carbocycles. The molecular formula is C22H30O4. The van der Waals surface area contributed by atoms with Gasteiger partial charge in [-0.15, -0.1) is 0 Å². The number of carbonyl (C=O) groups excluding carboxylic acids is 2. The van der Waals surface area contributed by atoms with Crippen LogP contribution in [0.2, 0.25) is 0 Å². The average Bonchev–Trinajstić information content (AvgIpc) is 2.93. The van der Waals surface area contributed by atoms with E-state index in [9.17, 15) is 9.59 Å². The van der Waals surface area contributed by atoms with Gasteiger partial charge in [-0.1, -0.05) is 24.6 Å². The molecule has 4 rings (SSSR count). The number of esters is 2. The maximum atomic E-state index is 11.7. The fraction of sp³-hybridized carbons (Fsp3) is 0.727. The average molecular weight is 358 g/mol. The van der Waals surface area contributed by atoms with Crippen LogP contribution in [0.25, 0.3) is 0 Å². The summed E-state index contributed by atoms with van der Waals surface area (Å²) in [5.74, 6) is 2.37. The molecule has 142 valence electrons. The van der Waals surface area contributed by atoms with E-state index in [0.717, 1.165) is 25.7 Å². The van der Waals surface area contributed by atoms with Crippen LogP contribution in [0, 0.1) is 35.5 Å². The normalized spacial score (nSPS) is 43.5. The summed E-state index contributed by atoms with van der Waals surface area (Å²) in [5, 5.41) is 0. The monoisotopic (exact) mass is 358 g/mol. The molecule has 8 unspecified atom stereocenters.